The second-order valence-corrected chi connectivity index (χ2v) is 7.71. The second-order valence-electron chi connectivity index (χ2n) is 7.30. The van der Waals surface area contributed by atoms with Crippen LogP contribution in [0.25, 0.3) is 39.8 Å². The Hall–Kier alpha value is -3.58. The quantitative estimate of drug-likeness (QED) is 0.404. The monoisotopic (exact) mass is 437 g/mol. The van der Waals surface area contributed by atoms with Crippen LogP contribution in [0.15, 0.2) is 53.2 Å². The van der Waals surface area contributed by atoms with Crippen LogP contribution >= 0.6 is 11.6 Å². The molecule has 158 valence electrons. The number of carboxylic acids is 1. The van der Waals surface area contributed by atoms with Crippen LogP contribution in [-0.2, 0) is 11.8 Å². The van der Waals surface area contributed by atoms with E-state index in [1.165, 1.54) is 0 Å². The number of aromatic nitrogens is 3. The Morgan fingerprint density at radius 2 is 2.10 bits per heavy atom. The number of fused-ring (bicyclic) bond motifs is 1. The number of rotatable bonds is 6. The van der Waals surface area contributed by atoms with E-state index in [1.807, 2.05) is 55.9 Å². The molecule has 0 aliphatic rings. The zero-order valence-corrected chi connectivity index (χ0v) is 17.9. The van der Waals surface area contributed by atoms with E-state index in [2.05, 4.69) is 10.1 Å². The highest BCUT2D eigenvalue weighted by atomic mass is 35.5. The highest BCUT2D eigenvalue weighted by Gasteiger charge is 2.17. The molecule has 7 nitrogen and oxygen atoms in total. The number of hydrogen-bond donors (Lipinski definition) is 1. The first-order valence-electron chi connectivity index (χ1n) is 9.63. The molecule has 0 fully saturated rings. The summed E-state index contributed by atoms with van der Waals surface area (Å²) >= 11 is 6.33. The summed E-state index contributed by atoms with van der Waals surface area (Å²) in [5, 5.41) is 14.4. The smallest absolute Gasteiger partial charge is 0.328 e. The van der Waals surface area contributed by atoms with Gasteiger partial charge in [-0.2, -0.15) is 4.98 Å². The Kier molecular flexibility index (Phi) is 5.52. The molecule has 0 spiro atoms. The molecular formula is C23H20ClN3O4. The average molecular weight is 438 g/mol. The third-order valence-electron chi connectivity index (χ3n) is 4.65. The minimum Gasteiger partial charge on any atom is -0.489 e. The van der Waals surface area contributed by atoms with Crippen molar-refractivity contribution < 1.29 is 19.2 Å². The van der Waals surface area contributed by atoms with Crippen molar-refractivity contribution in [2.45, 2.75) is 20.0 Å². The lowest BCUT2D eigenvalue weighted by molar-refractivity contribution is -0.131. The Morgan fingerprint density at radius 3 is 2.81 bits per heavy atom. The number of carboxylic acid groups (broad SMARTS) is 1. The third-order valence-corrected chi connectivity index (χ3v) is 4.94. The molecule has 2 aromatic heterocycles. The van der Waals surface area contributed by atoms with E-state index < -0.39 is 5.97 Å². The number of aryl methyl sites for hydroxylation is 1. The number of ether oxygens (including phenoxy) is 1. The van der Waals surface area contributed by atoms with Crippen molar-refractivity contribution in [1.29, 1.82) is 0 Å². The van der Waals surface area contributed by atoms with Gasteiger partial charge in [0, 0.05) is 41.4 Å². The molecule has 8 heteroatoms. The molecule has 0 aliphatic carbocycles. The van der Waals surface area contributed by atoms with E-state index in [0.29, 0.717) is 28.1 Å². The molecule has 2 aromatic carbocycles. The predicted molar refractivity (Wildman–Crippen MR) is 119 cm³/mol. The van der Waals surface area contributed by atoms with Gasteiger partial charge < -0.3 is 18.9 Å². The van der Waals surface area contributed by atoms with E-state index in [0.717, 1.165) is 28.1 Å². The fourth-order valence-electron chi connectivity index (χ4n) is 3.41. The van der Waals surface area contributed by atoms with E-state index in [4.69, 9.17) is 26.0 Å². The van der Waals surface area contributed by atoms with Gasteiger partial charge in [0.15, 0.2) is 0 Å². The summed E-state index contributed by atoms with van der Waals surface area (Å²) in [6, 6.07) is 11.0. The number of carbonyl (C=O) groups is 1. The zero-order chi connectivity index (χ0) is 22.1. The summed E-state index contributed by atoms with van der Waals surface area (Å²) in [5.41, 5.74) is 3.12. The highest BCUT2D eigenvalue weighted by Crippen LogP contribution is 2.34. The standard InChI is InChI=1S/C23H20ClN3O4/c1-13(2)30-19-9-7-14(11-18(19)24)23-25-22(26-31-23)17-6-4-5-16-15(8-10-20(28)29)12-27(3)21(16)17/h4-13H,1-3H3,(H,28,29)/b10-8-. The Labute approximate surface area is 183 Å². The molecule has 1 N–H and O–H groups in total. The second kappa shape index (κ2) is 8.28. The summed E-state index contributed by atoms with van der Waals surface area (Å²) in [5.74, 6) is 0.356. The van der Waals surface area contributed by atoms with Crippen molar-refractivity contribution in [1.82, 2.24) is 14.7 Å². The van der Waals surface area contributed by atoms with Crippen LogP contribution < -0.4 is 4.74 Å². The number of nitrogens with zero attached hydrogens (tertiary/aromatic N) is 3. The van der Waals surface area contributed by atoms with Crippen LogP contribution in [0.3, 0.4) is 0 Å². The van der Waals surface area contributed by atoms with Crippen molar-refractivity contribution in [3.8, 4) is 28.6 Å². The minimum absolute atomic E-state index is 0.0133. The number of halogens is 1. The Bertz CT molecular complexity index is 1300. The van der Waals surface area contributed by atoms with Crippen LogP contribution in [0.4, 0.5) is 0 Å². The lowest BCUT2D eigenvalue weighted by Gasteiger charge is -2.11. The number of para-hydroxylation sites is 1. The highest BCUT2D eigenvalue weighted by molar-refractivity contribution is 6.32. The molecule has 0 amide bonds. The first-order chi connectivity index (χ1) is 14.8. The summed E-state index contributed by atoms with van der Waals surface area (Å²) in [7, 11) is 1.89. The van der Waals surface area contributed by atoms with Gasteiger partial charge in [0.1, 0.15) is 5.75 Å². The fourth-order valence-corrected chi connectivity index (χ4v) is 3.63. The molecule has 4 rings (SSSR count). The van der Waals surface area contributed by atoms with Gasteiger partial charge >= 0.3 is 5.97 Å². The van der Waals surface area contributed by atoms with Gasteiger partial charge in [0.25, 0.3) is 5.89 Å². The van der Waals surface area contributed by atoms with Gasteiger partial charge in [0.2, 0.25) is 5.82 Å². The topological polar surface area (TPSA) is 90.4 Å². The van der Waals surface area contributed by atoms with E-state index >= 15 is 0 Å². The van der Waals surface area contributed by atoms with Crippen LogP contribution in [0.5, 0.6) is 5.75 Å². The minimum atomic E-state index is -1.00. The van der Waals surface area contributed by atoms with Crippen LogP contribution in [0, 0.1) is 0 Å². The van der Waals surface area contributed by atoms with Gasteiger partial charge in [-0.05, 0) is 44.2 Å². The van der Waals surface area contributed by atoms with Gasteiger partial charge in [0.05, 0.1) is 16.6 Å². The van der Waals surface area contributed by atoms with Crippen molar-refractivity contribution in [3.63, 3.8) is 0 Å². The van der Waals surface area contributed by atoms with Crippen LogP contribution in [0.2, 0.25) is 5.02 Å². The molecule has 0 saturated carbocycles. The van der Waals surface area contributed by atoms with Crippen molar-refractivity contribution >= 4 is 34.5 Å². The molecule has 0 bridgehead atoms. The normalized spacial score (nSPS) is 11.6. The maximum atomic E-state index is 10.9. The summed E-state index contributed by atoms with van der Waals surface area (Å²) in [6.45, 7) is 3.86. The summed E-state index contributed by atoms with van der Waals surface area (Å²) < 4.78 is 13.1. The fraction of sp³-hybridized carbons (Fsp3) is 0.174. The molecule has 0 unspecified atom stereocenters. The van der Waals surface area contributed by atoms with Crippen molar-refractivity contribution in [2.75, 3.05) is 0 Å². The summed E-state index contributed by atoms with van der Waals surface area (Å²) in [6.07, 6.45) is 4.56. The van der Waals surface area contributed by atoms with Crippen LogP contribution in [-0.4, -0.2) is 31.9 Å². The number of hydrogen-bond acceptors (Lipinski definition) is 5. The molecule has 2 heterocycles. The van der Waals surface area contributed by atoms with E-state index in [9.17, 15) is 4.79 Å². The molecule has 0 radical (unpaired) electrons. The molecule has 0 atom stereocenters. The molecule has 31 heavy (non-hydrogen) atoms. The lowest BCUT2D eigenvalue weighted by atomic mass is 10.1. The summed E-state index contributed by atoms with van der Waals surface area (Å²) in [4.78, 5) is 15.5. The SMILES string of the molecule is CC(C)Oc1ccc(-c2nc(-c3cccc4c(/C=C\C(=O)O)cn(C)c34)no2)cc1Cl. The van der Waals surface area contributed by atoms with E-state index in [-0.39, 0.29) is 6.10 Å². The van der Waals surface area contributed by atoms with Gasteiger partial charge in [-0.3, -0.25) is 0 Å². The average Bonchev–Trinajstić information content (AvgIpc) is 3.33. The number of benzene rings is 2. The first kappa shape index (κ1) is 20.7. The predicted octanol–water partition coefficient (Wildman–Crippen LogP) is 5.43. The number of aliphatic carboxylic acids is 1. The van der Waals surface area contributed by atoms with Crippen molar-refractivity contribution in [2.24, 2.45) is 7.05 Å². The Morgan fingerprint density at radius 1 is 1.29 bits per heavy atom. The molecule has 0 saturated heterocycles. The third kappa shape index (κ3) is 4.18. The molecule has 0 aliphatic heterocycles. The maximum absolute atomic E-state index is 10.9. The zero-order valence-electron chi connectivity index (χ0n) is 17.2. The van der Waals surface area contributed by atoms with Gasteiger partial charge in [-0.25, -0.2) is 4.79 Å². The molecular weight excluding hydrogens is 418 g/mol. The Balaban J connectivity index is 1.73. The van der Waals surface area contributed by atoms with E-state index in [1.54, 1.807) is 18.2 Å². The largest absolute Gasteiger partial charge is 0.489 e. The van der Waals surface area contributed by atoms with Crippen LogP contribution in [0.1, 0.15) is 19.4 Å². The van der Waals surface area contributed by atoms with Gasteiger partial charge in [-0.15, -0.1) is 0 Å². The maximum Gasteiger partial charge on any atom is 0.328 e. The lowest BCUT2D eigenvalue weighted by Crippen LogP contribution is -2.05. The van der Waals surface area contributed by atoms with Crippen molar-refractivity contribution in [3.05, 3.63) is 59.3 Å². The van der Waals surface area contributed by atoms with Gasteiger partial charge in [-0.1, -0.05) is 28.9 Å². The first-order valence-corrected chi connectivity index (χ1v) is 10.0. The molecule has 4 aromatic rings.